The third-order valence-electron chi connectivity index (χ3n) is 4.39. The van der Waals surface area contributed by atoms with E-state index in [1.165, 1.54) is 51.4 Å². The van der Waals surface area contributed by atoms with Gasteiger partial charge in [0.1, 0.15) is 5.75 Å². The second-order valence-corrected chi connectivity index (χ2v) is 6.75. The quantitative estimate of drug-likeness (QED) is 0.213. The molecule has 0 aliphatic heterocycles. The van der Waals surface area contributed by atoms with Crippen molar-refractivity contribution in [2.24, 2.45) is 0 Å². The van der Waals surface area contributed by atoms with E-state index in [4.69, 9.17) is 21.1 Å². The molecule has 4 heteroatoms. The van der Waals surface area contributed by atoms with Crippen molar-refractivity contribution in [2.75, 3.05) is 13.7 Å². The molecule has 0 heterocycles. The van der Waals surface area contributed by atoms with Crippen LogP contribution in [0.2, 0.25) is 0 Å². The number of methoxy groups -OCH3 is 1. The summed E-state index contributed by atoms with van der Waals surface area (Å²) < 4.78 is 10.6. The minimum atomic E-state index is -0.287. The molecule has 0 aromatic heterocycles. The lowest BCUT2D eigenvalue weighted by molar-refractivity contribution is 0.0497. The van der Waals surface area contributed by atoms with E-state index in [1.54, 1.807) is 25.3 Å². The Bertz CT molecular complexity index is 488. The molecule has 0 N–H and O–H groups in total. The highest BCUT2D eigenvalue weighted by Gasteiger charge is 2.10. The molecule has 1 aromatic carbocycles. The van der Waals surface area contributed by atoms with E-state index in [0.717, 1.165) is 18.4 Å². The van der Waals surface area contributed by atoms with Crippen LogP contribution in [0.3, 0.4) is 0 Å². The summed E-state index contributed by atoms with van der Waals surface area (Å²) in [5.74, 6) is 0.717. The van der Waals surface area contributed by atoms with Gasteiger partial charge in [0.05, 0.1) is 25.2 Å². The van der Waals surface area contributed by atoms with E-state index in [0.29, 0.717) is 23.8 Å². The smallest absolute Gasteiger partial charge is 0.338 e. The summed E-state index contributed by atoms with van der Waals surface area (Å²) in [5, 5.41) is 0. The zero-order chi connectivity index (χ0) is 18.3. The average Bonchev–Trinajstić information content (AvgIpc) is 2.65. The topological polar surface area (TPSA) is 35.5 Å². The Morgan fingerprint density at radius 3 is 2.12 bits per heavy atom. The number of rotatable bonds is 14. The number of benzene rings is 1. The van der Waals surface area contributed by atoms with Crippen molar-refractivity contribution in [3.8, 4) is 5.75 Å². The van der Waals surface area contributed by atoms with Crippen molar-refractivity contribution in [2.45, 2.75) is 77.0 Å². The monoisotopic (exact) mass is 368 g/mol. The SMILES string of the molecule is CCCCCCCCCCCCOC(=O)c1ccc(OC)c(CCl)c1. The highest BCUT2D eigenvalue weighted by molar-refractivity contribution is 6.17. The van der Waals surface area contributed by atoms with Crippen molar-refractivity contribution in [3.05, 3.63) is 29.3 Å². The van der Waals surface area contributed by atoms with Crippen LogP contribution in [0.5, 0.6) is 5.75 Å². The number of carbonyl (C=O) groups excluding carboxylic acids is 1. The fraction of sp³-hybridized carbons (Fsp3) is 0.667. The average molecular weight is 369 g/mol. The first kappa shape index (κ1) is 21.8. The van der Waals surface area contributed by atoms with Crippen molar-refractivity contribution in [1.29, 1.82) is 0 Å². The zero-order valence-corrected chi connectivity index (χ0v) is 16.6. The lowest BCUT2D eigenvalue weighted by Gasteiger charge is -2.09. The van der Waals surface area contributed by atoms with Gasteiger partial charge in [-0.25, -0.2) is 4.79 Å². The third-order valence-corrected chi connectivity index (χ3v) is 4.68. The van der Waals surface area contributed by atoms with E-state index in [1.807, 2.05) is 0 Å². The number of esters is 1. The molecule has 0 saturated heterocycles. The fourth-order valence-corrected chi connectivity index (χ4v) is 3.06. The molecule has 0 unspecified atom stereocenters. The maximum atomic E-state index is 12.1. The van der Waals surface area contributed by atoms with E-state index in [9.17, 15) is 4.79 Å². The molecule has 142 valence electrons. The van der Waals surface area contributed by atoms with Crippen LogP contribution in [0.1, 0.15) is 87.1 Å². The number of unbranched alkanes of at least 4 members (excludes halogenated alkanes) is 9. The maximum Gasteiger partial charge on any atom is 0.338 e. The molecule has 0 radical (unpaired) electrons. The molecule has 3 nitrogen and oxygen atoms in total. The highest BCUT2D eigenvalue weighted by atomic mass is 35.5. The lowest BCUT2D eigenvalue weighted by atomic mass is 10.1. The summed E-state index contributed by atoms with van der Waals surface area (Å²) in [6.45, 7) is 2.73. The third kappa shape index (κ3) is 9.15. The molecule has 1 aromatic rings. The second kappa shape index (κ2) is 14.0. The normalized spacial score (nSPS) is 10.7. The second-order valence-electron chi connectivity index (χ2n) is 6.48. The molecule has 0 bridgehead atoms. The number of alkyl halides is 1. The molecule has 0 aliphatic rings. The highest BCUT2D eigenvalue weighted by Crippen LogP contribution is 2.22. The standard InChI is InChI=1S/C21H33ClO3/c1-3-4-5-6-7-8-9-10-11-12-15-25-21(23)18-13-14-20(24-2)19(16-18)17-22/h13-14,16H,3-12,15,17H2,1-2H3. The largest absolute Gasteiger partial charge is 0.496 e. The van der Waals surface area contributed by atoms with Crippen molar-refractivity contribution in [1.82, 2.24) is 0 Å². The summed E-state index contributed by atoms with van der Waals surface area (Å²) in [5.41, 5.74) is 1.33. The molecule has 0 spiro atoms. The predicted molar refractivity (Wildman–Crippen MR) is 105 cm³/mol. The van der Waals surface area contributed by atoms with Gasteiger partial charge in [-0.15, -0.1) is 11.6 Å². The van der Waals surface area contributed by atoms with Crippen molar-refractivity contribution < 1.29 is 14.3 Å². The van der Waals surface area contributed by atoms with Crippen LogP contribution in [0.15, 0.2) is 18.2 Å². The molecular formula is C21H33ClO3. The molecule has 0 atom stereocenters. The summed E-state index contributed by atoms with van der Waals surface area (Å²) >= 11 is 5.88. The Morgan fingerprint density at radius 1 is 0.960 bits per heavy atom. The predicted octanol–water partition coefficient (Wildman–Crippen LogP) is 6.51. The number of halogens is 1. The van der Waals surface area contributed by atoms with Crippen molar-refractivity contribution >= 4 is 17.6 Å². The summed E-state index contributed by atoms with van der Waals surface area (Å²) in [6.07, 6.45) is 12.7. The first-order valence-corrected chi connectivity index (χ1v) is 10.2. The molecule has 0 fully saturated rings. The van der Waals surface area contributed by atoms with Crippen LogP contribution in [-0.4, -0.2) is 19.7 Å². The van der Waals surface area contributed by atoms with E-state index in [2.05, 4.69) is 6.92 Å². The maximum absolute atomic E-state index is 12.1. The number of hydrogen-bond acceptors (Lipinski definition) is 3. The van der Waals surface area contributed by atoms with Crippen LogP contribution in [0, 0.1) is 0 Å². The van der Waals surface area contributed by atoms with Crippen molar-refractivity contribution in [3.63, 3.8) is 0 Å². The van der Waals surface area contributed by atoms with Gasteiger partial charge in [-0.3, -0.25) is 0 Å². The van der Waals surface area contributed by atoms with Gasteiger partial charge in [0.15, 0.2) is 0 Å². The number of carbonyl (C=O) groups is 1. The van der Waals surface area contributed by atoms with Gasteiger partial charge in [0.25, 0.3) is 0 Å². The fourth-order valence-electron chi connectivity index (χ4n) is 2.85. The molecule has 0 amide bonds. The van der Waals surface area contributed by atoms with Crippen LogP contribution in [0.25, 0.3) is 0 Å². The molecule has 25 heavy (non-hydrogen) atoms. The molecule has 0 saturated carbocycles. The Hall–Kier alpha value is -1.22. The van der Waals surface area contributed by atoms with Crippen LogP contribution < -0.4 is 4.74 Å². The van der Waals surface area contributed by atoms with Gasteiger partial charge in [-0.2, -0.15) is 0 Å². The van der Waals surface area contributed by atoms with Gasteiger partial charge in [0, 0.05) is 5.56 Å². The first-order chi connectivity index (χ1) is 12.2. The Labute approximate surface area is 158 Å². The van der Waals surface area contributed by atoms with Gasteiger partial charge in [-0.05, 0) is 24.6 Å². The van der Waals surface area contributed by atoms with Gasteiger partial charge < -0.3 is 9.47 Å². The lowest BCUT2D eigenvalue weighted by Crippen LogP contribution is -2.07. The van der Waals surface area contributed by atoms with E-state index >= 15 is 0 Å². The molecule has 1 rings (SSSR count). The van der Waals surface area contributed by atoms with E-state index in [-0.39, 0.29) is 5.97 Å². The summed E-state index contributed by atoms with van der Waals surface area (Å²) in [6, 6.07) is 5.22. The summed E-state index contributed by atoms with van der Waals surface area (Å²) in [7, 11) is 1.59. The minimum absolute atomic E-state index is 0.287. The molecule has 0 aliphatic carbocycles. The van der Waals surface area contributed by atoms with Crippen LogP contribution >= 0.6 is 11.6 Å². The Morgan fingerprint density at radius 2 is 1.56 bits per heavy atom. The Balaban J connectivity index is 2.11. The van der Waals surface area contributed by atoms with Gasteiger partial charge in [-0.1, -0.05) is 64.7 Å². The first-order valence-electron chi connectivity index (χ1n) is 9.63. The van der Waals surface area contributed by atoms with Gasteiger partial charge in [0.2, 0.25) is 0 Å². The van der Waals surface area contributed by atoms with Crippen LogP contribution in [-0.2, 0) is 10.6 Å². The summed E-state index contributed by atoms with van der Waals surface area (Å²) in [4.78, 5) is 12.1. The van der Waals surface area contributed by atoms with Gasteiger partial charge >= 0.3 is 5.97 Å². The zero-order valence-electron chi connectivity index (χ0n) is 15.8. The molecular weight excluding hydrogens is 336 g/mol. The Kier molecular flexibility index (Phi) is 12.2. The minimum Gasteiger partial charge on any atom is -0.496 e. The number of ether oxygens (including phenoxy) is 2. The van der Waals surface area contributed by atoms with E-state index < -0.39 is 0 Å². The number of hydrogen-bond donors (Lipinski definition) is 0. The van der Waals surface area contributed by atoms with Crippen LogP contribution in [0.4, 0.5) is 0 Å².